The molecule has 0 aromatic carbocycles. The zero-order chi connectivity index (χ0) is 17.5. The predicted molar refractivity (Wildman–Crippen MR) is 91.8 cm³/mol. The van der Waals surface area contributed by atoms with Crippen LogP contribution in [-0.4, -0.2) is 34.8 Å². The fraction of sp³-hybridized carbons (Fsp3) is 0.588. The van der Waals surface area contributed by atoms with E-state index >= 15 is 0 Å². The molecule has 1 saturated carbocycles. The molecule has 0 unspecified atom stereocenters. The Kier molecular flexibility index (Phi) is 4.38. The van der Waals surface area contributed by atoms with Gasteiger partial charge in [0, 0.05) is 9.75 Å². The second-order valence-electron chi connectivity index (χ2n) is 6.77. The Hall–Kier alpha value is -1.89. The van der Waals surface area contributed by atoms with Crippen molar-refractivity contribution in [1.82, 2.24) is 15.5 Å². The minimum atomic E-state index is -0.760. The third-order valence-corrected chi connectivity index (χ3v) is 5.91. The number of nitrogens with zero attached hydrogens (tertiary/aromatic N) is 1. The first-order chi connectivity index (χ1) is 11.3. The number of hydrogen-bond acceptors (Lipinski definition) is 4. The van der Waals surface area contributed by atoms with Crippen molar-refractivity contribution < 1.29 is 14.4 Å². The number of nitrogens with one attached hydrogen (secondary N) is 2. The van der Waals surface area contributed by atoms with Gasteiger partial charge in [-0.3, -0.25) is 14.5 Å². The normalized spacial score (nSPS) is 20.5. The Morgan fingerprint density at radius 1 is 1.38 bits per heavy atom. The summed E-state index contributed by atoms with van der Waals surface area (Å²) in [6.07, 6.45) is 3.19. The molecule has 130 valence electrons. The van der Waals surface area contributed by atoms with Crippen LogP contribution in [0.1, 0.15) is 54.0 Å². The van der Waals surface area contributed by atoms with Crippen molar-refractivity contribution in [3.05, 3.63) is 21.4 Å². The van der Waals surface area contributed by atoms with E-state index < -0.39 is 11.6 Å². The highest BCUT2D eigenvalue weighted by molar-refractivity contribution is 7.12. The molecule has 6 nitrogen and oxygen atoms in total. The van der Waals surface area contributed by atoms with Crippen LogP contribution < -0.4 is 10.6 Å². The monoisotopic (exact) mass is 349 g/mol. The highest BCUT2D eigenvalue weighted by Gasteiger charge is 2.52. The number of thiophene rings is 1. The molecular weight excluding hydrogens is 326 g/mol. The Bertz CT molecular complexity index is 691. The van der Waals surface area contributed by atoms with Crippen LogP contribution >= 0.6 is 11.3 Å². The molecule has 1 aliphatic heterocycles. The van der Waals surface area contributed by atoms with Crippen LogP contribution in [0.3, 0.4) is 0 Å². The molecule has 4 amide bonds. The third-order valence-electron chi connectivity index (χ3n) is 4.93. The van der Waals surface area contributed by atoms with E-state index in [0.717, 1.165) is 23.3 Å². The Morgan fingerprint density at radius 3 is 2.62 bits per heavy atom. The first-order valence-corrected chi connectivity index (χ1v) is 9.14. The summed E-state index contributed by atoms with van der Waals surface area (Å²) in [7, 11) is 0. The first-order valence-electron chi connectivity index (χ1n) is 8.33. The molecule has 1 aliphatic carbocycles. The van der Waals surface area contributed by atoms with Crippen LogP contribution in [0.15, 0.2) is 6.07 Å². The van der Waals surface area contributed by atoms with Crippen LogP contribution in [0.2, 0.25) is 0 Å². The molecule has 2 fully saturated rings. The summed E-state index contributed by atoms with van der Waals surface area (Å²) in [5.41, 5.74) is 0.319. The highest BCUT2D eigenvalue weighted by Crippen LogP contribution is 2.35. The summed E-state index contributed by atoms with van der Waals surface area (Å²) in [5.74, 6) is -0.570. The lowest BCUT2D eigenvalue weighted by molar-refractivity contribution is -0.135. The van der Waals surface area contributed by atoms with Gasteiger partial charge in [-0.1, -0.05) is 12.8 Å². The van der Waals surface area contributed by atoms with Gasteiger partial charge < -0.3 is 10.6 Å². The van der Waals surface area contributed by atoms with E-state index in [1.54, 1.807) is 11.3 Å². The maximum absolute atomic E-state index is 12.6. The summed E-state index contributed by atoms with van der Waals surface area (Å²) >= 11 is 1.69. The van der Waals surface area contributed by atoms with E-state index in [2.05, 4.69) is 16.7 Å². The van der Waals surface area contributed by atoms with Gasteiger partial charge in [0.2, 0.25) is 5.91 Å². The maximum Gasteiger partial charge on any atom is 0.325 e. The van der Waals surface area contributed by atoms with Crippen LogP contribution in [0.4, 0.5) is 4.79 Å². The Labute approximate surface area is 145 Å². The molecule has 7 heteroatoms. The molecule has 1 aromatic rings. The van der Waals surface area contributed by atoms with Crippen LogP contribution in [0, 0.1) is 13.8 Å². The Balaban J connectivity index is 1.63. The standard InChI is InChI=1S/C17H23N3O3S/c1-10-8-13(12(3)24-10)11(2)18-14(21)9-20-15(22)17(19-16(20)23)6-4-5-7-17/h8,11H,4-7,9H2,1-3H3,(H,18,21)(H,19,23)/t11-/m1/s1. The second-order valence-corrected chi connectivity index (χ2v) is 8.23. The third kappa shape index (κ3) is 2.92. The highest BCUT2D eigenvalue weighted by atomic mass is 32.1. The maximum atomic E-state index is 12.6. The average molecular weight is 349 g/mol. The van der Waals surface area contributed by atoms with Crippen molar-refractivity contribution in [3.63, 3.8) is 0 Å². The molecule has 1 atom stereocenters. The second kappa shape index (κ2) is 6.20. The lowest BCUT2D eigenvalue weighted by Crippen LogP contribution is -2.45. The number of imide groups is 1. The smallest absolute Gasteiger partial charge is 0.325 e. The zero-order valence-electron chi connectivity index (χ0n) is 14.3. The predicted octanol–water partition coefficient (Wildman–Crippen LogP) is 2.41. The van der Waals surface area contributed by atoms with E-state index in [1.807, 2.05) is 20.8 Å². The molecular formula is C17H23N3O3S. The minimum Gasteiger partial charge on any atom is -0.348 e. The van der Waals surface area contributed by atoms with E-state index in [4.69, 9.17) is 0 Å². The van der Waals surface area contributed by atoms with Crippen LogP contribution in [0.25, 0.3) is 0 Å². The van der Waals surface area contributed by atoms with Crippen molar-refractivity contribution in [2.24, 2.45) is 0 Å². The fourth-order valence-corrected chi connectivity index (χ4v) is 4.75. The van der Waals surface area contributed by atoms with Gasteiger partial charge in [0.05, 0.1) is 6.04 Å². The van der Waals surface area contributed by atoms with E-state index in [-0.39, 0.29) is 24.4 Å². The average Bonchev–Trinajstić information content (AvgIpc) is 3.16. The van der Waals surface area contributed by atoms with E-state index in [0.29, 0.717) is 12.8 Å². The summed E-state index contributed by atoms with van der Waals surface area (Å²) in [6, 6.07) is 1.46. The van der Waals surface area contributed by atoms with Gasteiger partial charge in [-0.05, 0) is 45.2 Å². The Morgan fingerprint density at radius 2 is 2.04 bits per heavy atom. The number of amides is 4. The van der Waals surface area contributed by atoms with Gasteiger partial charge in [-0.2, -0.15) is 0 Å². The molecule has 0 bridgehead atoms. The molecule has 2 N–H and O–H groups in total. The van der Waals surface area contributed by atoms with Crippen molar-refractivity contribution in [2.75, 3.05) is 6.54 Å². The molecule has 1 saturated heterocycles. The molecule has 1 spiro atoms. The number of carbonyl (C=O) groups excluding carboxylic acids is 3. The lowest BCUT2D eigenvalue weighted by Gasteiger charge is -2.20. The largest absolute Gasteiger partial charge is 0.348 e. The van der Waals surface area contributed by atoms with Gasteiger partial charge in [0.15, 0.2) is 0 Å². The summed E-state index contributed by atoms with van der Waals surface area (Å²) in [6.45, 7) is 5.75. The van der Waals surface area contributed by atoms with Gasteiger partial charge in [0.25, 0.3) is 5.91 Å². The van der Waals surface area contributed by atoms with Crippen LogP contribution in [0.5, 0.6) is 0 Å². The molecule has 24 heavy (non-hydrogen) atoms. The fourth-order valence-electron chi connectivity index (χ4n) is 3.73. The number of rotatable bonds is 4. The number of carbonyl (C=O) groups is 3. The first kappa shape index (κ1) is 17.0. The van der Waals surface area contributed by atoms with E-state index in [9.17, 15) is 14.4 Å². The quantitative estimate of drug-likeness (QED) is 0.820. The summed E-state index contributed by atoms with van der Waals surface area (Å²) < 4.78 is 0. The van der Waals surface area contributed by atoms with Gasteiger partial charge >= 0.3 is 6.03 Å². The van der Waals surface area contributed by atoms with Crippen molar-refractivity contribution in [2.45, 2.75) is 58.0 Å². The SMILES string of the molecule is Cc1cc([C@@H](C)NC(=O)CN2C(=O)NC3(CCCC3)C2=O)c(C)s1. The summed E-state index contributed by atoms with van der Waals surface area (Å²) in [4.78, 5) is 40.4. The van der Waals surface area contributed by atoms with Gasteiger partial charge in [-0.15, -0.1) is 11.3 Å². The van der Waals surface area contributed by atoms with Crippen LogP contribution in [-0.2, 0) is 9.59 Å². The lowest BCUT2D eigenvalue weighted by atomic mass is 9.98. The van der Waals surface area contributed by atoms with Gasteiger partial charge in [0.1, 0.15) is 12.1 Å². The van der Waals surface area contributed by atoms with Crippen molar-refractivity contribution >= 4 is 29.2 Å². The number of urea groups is 1. The van der Waals surface area contributed by atoms with Crippen molar-refractivity contribution in [1.29, 1.82) is 0 Å². The molecule has 1 aromatic heterocycles. The van der Waals surface area contributed by atoms with Gasteiger partial charge in [-0.25, -0.2) is 4.79 Å². The topological polar surface area (TPSA) is 78.5 Å². The summed E-state index contributed by atoms with van der Waals surface area (Å²) in [5, 5.41) is 5.68. The number of hydrogen-bond donors (Lipinski definition) is 2. The van der Waals surface area contributed by atoms with Crippen molar-refractivity contribution in [3.8, 4) is 0 Å². The molecule has 2 aliphatic rings. The van der Waals surface area contributed by atoms with E-state index in [1.165, 1.54) is 9.75 Å². The minimum absolute atomic E-state index is 0.149. The molecule has 2 heterocycles. The molecule has 3 rings (SSSR count). The zero-order valence-corrected chi connectivity index (χ0v) is 15.1. The number of aryl methyl sites for hydroxylation is 2. The molecule has 0 radical (unpaired) electrons.